The zero-order chi connectivity index (χ0) is 11.5. The largest absolute Gasteiger partial charge is 1.00 e. The Hall–Kier alpha value is -0.660. The van der Waals surface area contributed by atoms with Crippen LogP contribution in [0, 0.1) is 0 Å². The number of benzene rings is 1. The fourth-order valence-electron chi connectivity index (χ4n) is 0.898. The molecule has 0 atom stereocenters. The van der Waals surface area contributed by atoms with Crippen LogP contribution in [0.25, 0.3) is 0 Å². The van der Waals surface area contributed by atoms with E-state index in [4.69, 9.17) is 0 Å². The minimum Gasteiger partial charge on any atom is -0.744 e. The molecule has 16 heavy (non-hydrogen) atoms. The van der Waals surface area contributed by atoms with Crippen molar-refractivity contribution in [3.63, 3.8) is 0 Å². The maximum atomic E-state index is 10.9. The summed E-state index contributed by atoms with van der Waals surface area (Å²) >= 11 is 0. The third-order valence-corrected chi connectivity index (χ3v) is 2.45. The smallest absolute Gasteiger partial charge is 0.744 e. The fraction of sp³-hybridized carbons (Fsp3) is 0. The number of anilines is 1. The van der Waals surface area contributed by atoms with Gasteiger partial charge in [0.25, 0.3) is 0 Å². The zero-order valence-electron chi connectivity index (χ0n) is 8.64. The van der Waals surface area contributed by atoms with Crippen molar-refractivity contribution in [1.82, 2.24) is 0 Å². The first-order chi connectivity index (χ1) is 6.93. The van der Waals surface area contributed by atoms with Crippen molar-refractivity contribution in [3.05, 3.63) is 36.9 Å². The molecule has 1 rings (SSSR count). The molecule has 80 valence electrons. The fourth-order valence-corrected chi connectivity index (χ4v) is 1.37. The van der Waals surface area contributed by atoms with Crippen LogP contribution in [0.15, 0.2) is 41.8 Å². The molecule has 7 heteroatoms. The van der Waals surface area contributed by atoms with E-state index in [0.29, 0.717) is 5.69 Å². The predicted molar refractivity (Wildman–Crippen MR) is 53.2 cm³/mol. The summed E-state index contributed by atoms with van der Waals surface area (Å²) in [5.41, 5.74) is 0.396. The van der Waals surface area contributed by atoms with Crippen LogP contribution in [0.5, 0.6) is 0 Å². The van der Waals surface area contributed by atoms with Crippen LogP contribution in [0.3, 0.4) is 0 Å². The van der Waals surface area contributed by atoms with Crippen LogP contribution in [0.2, 0.25) is 0 Å². The third-order valence-electron chi connectivity index (χ3n) is 1.60. The van der Waals surface area contributed by atoms with Crippen molar-refractivity contribution >= 4 is 21.7 Å². The van der Waals surface area contributed by atoms with E-state index in [0.717, 1.165) is 18.2 Å². The molecule has 0 aliphatic carbocycles. The number of carbonyl (C=O) groups is 1. The van der Waals surface area contributed by atoms with Gasteiger partial charge in [-0.1, -0.05) is 6.58 Å². The summed E-state index contributed by atoms with van der Waals surface area (Å²) < 4.78 is 31.7. The third kappa shape index (κ3) is 4.46. The van der Waals surface area contributed by atoms with Gasteiger partial charge in [-0.2, -0.15) is 0 Å². The first-order valence-electron chi connectivity index (χ1n) is 3.93. The van der Waals surface area contributed by atoms with E-state index in [2.05, 4.69) is 11.9 Å². The van der Waals surface area contributed by atoms with Gasteiger partial charge in [0.15, 0.2) is 0 Å². The molecule has 0 heterocycles. The maximum Gasteiger partial charge on any atom is 1.00 e. The van der Waals surface area contributed by atoms with E-state index in [-0.39, 0.29) is 34.5 Å². The summed E-state index contributed by atoms with van der Waals surface area (Å²) in [5.74, 6) is -0.410. The molecular weight excluding hydrogens is 241 g/mol. The molecule has 5 nitrogen and oxygen atoms in total. The second-order valence-corrected chi connectivity index (χ2v) is 4.05. The molecule has 0 spiro atoms. The van der Waals surface area contributed by atoms with Crippen LogP contribution in [0.4, 0.5) is 5.69 Å². The molecule has 1 N–H and O–H groups in total. The minimum atomic E-state index is -4.44. The first-order valence-corrected chi connectivity index (χ1v) is 5.33. The molecule has 0 saturated heterocycles. The second kappa shape index (κ2) is 6.17. The molecule has 0 radical (unpaired) electrons. The van der Waals surface area contributed by atoms with Gasteiger partial charge in [-0.3, -0.25) is 4.79 Å². The van der Waals surface area contributed by atoms with Crippen molar-refractivity contribution in [1.29, 1.82) is 0 Å². The standard InChI is InChI=1S/C9H9NO4S.Na/c1-2-9(11)10-7-3-5-8(6-4-7)15(12,13)14;/h2-6H,1H2,(H,10,11)(H,12,13,14);/q;+1/p-1. The molecule has 0 aliphatic rings. The van der Waals surface area contributed by atoms with Crippen LogP contribution in [-0.4, -0.2) is 18.9 Å². The van der Waals surface area contributed by atoms with E-state index >= 15 is 0 Å². The Morgan fingerprint density at radius 3 is 2.19 bits per heavy atom. The first kappa shape index (κ1) is 15.3. The molecule has 1 aromatic rings. The number of amides is 1. The van der Waals surface area contributed by atoms with Gasteiger partial charge in [0, 0.05) is 5.69 Å². The van der Waals surface area contributed by atoms with E-state index in [1.807, 2.05) is 0 Å². The van der Waals surface area contributed by atoms with Gasteiger partial charge in [-0.05, 0) is 30.3 Å². The van der Waals surface area contributed by atoms with Crippen molar-refractivity contribution < 1.29 is 47.3 Å². The number of hydrogen-bond acceptors (Lipinski definition) is 4. The number of rotatable bonds is 3. The van der Waals surface area contributed by atoms with Gasteiger partial charge in [-0.15, -0.1) is 0 Å². The summed E-state index contributed by atoms with van der Waals surface area (Å²) in [4.78, 5) is 10.5. The van der Waals surface area contributed by atoms with Gasteiger partial charge in [-0.25, -0.2) is 8.42 Å². The molecule has 0 saturated carbocycles. The van der Waals surface area contributed by atoms with Gasteiger partial charge >= 0.3 is 29.6 Å². The Morgan fingerprint density at radius 1 is 1.31 bits per heavy atom. The summed E-state index contributed by atoms with van der Waals surface area (Å²) in [5, 5.41) is 2.42. The van der Waals surface area contributed by atoms with Crippen LogP contribution in [-0.2, 0) is 14.9 Å². The average Bonchev–Trinajstić information content (AvgIpc) is 2.17. The monoisotopic (exact) mass is 249 g/mol. The molecule has 1 amide bonds. The molecule has 0 fully saturated rings. The van der Waals surface area contributed by atoms with Crippen LogP contribution >= 0.6 is 0 Å². The molecule has 0 unspecified atom stereocenters. The van der Waals surface area contributed by atoms with Crippen LogP contribution in [0.1, 0.15) is 0 Å². The van der Waals surface area contributed by atoms with Crippen molar-refractivity contribution in [3.8, 4) is 0 Å². The second-order valence-electron chi connectivity index (χ2n) is 2.67. The molecular formula is C9H8NNaO4S. The van der Waals surface area contributed by atoms with Gasteiger partial charge < -0.3 is 9.87 Å². The molecule has 1 aromatic carbocycles. The van der Waals surface area contributed by atoms with E-state index < -0.39 is 16.0 Å². The normalized spacial score (nSPS) is 10.1. The number of carbonyl (C=O) groups excluding carboxylic acids is 1. The Balaban J connectivity index is 0.00000225. The Morgan fingerprint density at radius 2 is 1.81 bits per heavy atom. The van der Waals surface area contributed by atoms with Crippen LogP contribution < -0.4 is 34.9 Å². The summed E-state index contributed by atoms with van der Waals surface area (Å²) in [7, 11) is -4.44. The van der Waals surface area contributed by atoms with Gasteiger partial charge in [0.1, 0.15) is 10.1 Å². The van der Waals surface area contributed by atoms with E-state index in [9.17, 15) is 17.8 Å². The summed E-state index contributed by atoms with van der Waals surface area (Å²) in [6, 6.07) is 4.90. The quantitative estimate of drug-likeness (QED) is 0.371. The van der Waals surface area contributed by atoms with E-state index in [1.165, 1.54) is 12.1 Å². The topological polar surface area (TPSA) is 86.3 Å². The Kier molecular flexibility index (Phi) is 5.91. The Bertz CT molecular complexity index is 481. The maximum absolute atomic E-state index is 10.9. The predicted octanol–water partition coefficient (Wildman–Crippen LogP) is -2.28. The molecule has 0 aliphatic heterocycles. The SMILES string of the molecule is C=CC(=O)Nc1ccc(S(=O)(=O)[O-])cc1.[Na+]. The summed E-state index contributed by atoms with van der Waals surface area (Å²) in [6.45, 7) is 3.26. The molecule has 0 bridgehead atoms. The average molecular weight is 249 g/mol. The zero-order valence-corrected chi connectivity index (χ0v) is 11.5. The van der Waals surface area contributed by atoms with E-state index in [1.54, 1.807) is 0 Å². The van der Waals surface area contributed by atoms with Crippen molar-refractivity contribution in [2.75, 3.05) is 5.32 Å². The molecule has 0 aromatic heterocycles. The Labute approximate surface area is 116 Å². The minimum absolute atomic E-state index is 0. The number of nitrogens with one attached hydrogen (secondary N) is 1. The van der Waals surface area contributed by atoms with Crippen molar-refractivity contribution in [2.45, 2.75) is 4.90 Å². The summed E-state index contributed by atoms with van der Waals surface area (Å²) in [6.07, 6.45) is 1.08. The van der Waals surface area contributed by atoms with Gasteiger partial charge in [0.2, 0.25) is 5.91 Å². The van der Waals surface area contributed by atoms with Gasteiger partial charge in [0.05, 0.1) is 4.90 Å². The number of hydrogen-bond donors (Lipinski definition) is 1. The van der Waals surface area contributed by atoms with Crippen molar-refractivity contribution in [2.24, 2.45) is 0 Å².